The first-order valence-corrected chi connectivity index (χ1v) is 13.5. The standard InChI is InChI=1S/C23H46O4S/c1-2-3-4-5-6-8-11-14-17-20-23(24)21-18-15-12-9-7-10-13-16-19-22-28(25,26)27/h2-22H2,1H3,(H,25,26,27). The van der Waals surface area contributed by atoms with Crippen LogP contribution in [-0.4, -0.2) is 24.5 Å². The van der Waals surface area contributed by atoms with Gasteiger partial charge < -0.3 is 0 Å². The molecule has 0 bridgehead atoms. The van der Waals surface area contributed by atoms with E-state index in [2.05, 4.69) is 6.92 Å². The molecule has 0 rings (SSSR count). The van der Waals surface area contributed by atoms with Crippen molar-refractivity contribution < 1.29 is 17.8 Å². The summed E-state index contributed by atoms with van der Waals surface area (Å²) in [5.74, 6) is 0.335. The SMILES string of the molecule is CCCCCCCCCCCC(=O)CCCCCCCCCCCS(=O)(=O)O. The number of rotatable bonds is 22. The molecule has 0 aliphatic carbocycles. The number of carbonyl (C=O) groups excluding carboxylic acids is 1. The molecule has 0 unspecified atom stereocenters. The molecule has 0 amide bonds. The van der Waals surface area contributed by atoms with Crippen molar-refractivity contribution in [3.63, 3.8) is 0 Å². The molecule has 1 N–H and O–H groups in total. The number of hydrogen-bond donors (Lipinski definition) is 1. The van der Waals surface area contributed by atoms with Gasteiger partial charge in [-0.2, -0.15) is 8.42 Å². The van der Waals surface area contributed by atoms with Crippen molar-refractivity contribution in [2.75, 3.05) is 5.75 Å². The van der Waals surface area contributed by atoms with Crippen molar-refractivity contribution >= 4 is 15.9 Å². The maximum absolute atomic E-state index is 11.9. The lowest BCUT2D eigenvalue weighted by molar-refractivity contribution is -0.119. The van der Waals surface area contributed by atoms with Gasteiger partial charge in [-0.05, 0) is 19.3 Å². The Kier molecular flexibility index (Phi) is 19.6. The Hall–Kier alpha value is -0.420. The Morgan fingerprint density at radius 2 is 0.893 bits per heavy atom. The lowest BCUT2D eigenvalue weighted by atomic mass is 10.0. The van der Waals surface area contributed by atoms with Crippen LogP contribution in [-0.2, 0) is 14.9 Å². The highest BCUT2D eigenvalue weighted by Gasteiger charge is 2.03. The van der Waals surface area contributed by atoms with E-state index in [1.807, 2.05) is 0 Å². The largest absolute Gasteiger partial charge is 0.300 e. The molecule has 0 aromatic rings. The van der Waals surface area contributed by atoms with Gasteiger partial charge in [-0.3, -0.25) is 9.35 Å². The summed E-state index contributed by atoms with van der Waals surface area (Å²) in [7, 11) is -3.78. The fourth-order valence-electron chi connectivity index (χ4n) is 3.60. The Morgan fingerprint density at radius 3 is 1.25 bits per heavy atom. The van der Waals surface area contributed by atoms with Gasteiger partial charge >= 0.3 is 0 Å². The number of unbranched alkanes of at least 4 members (excludes halogenated alkanes) is 16. The van der Waals surface area contributed by atoms with E-state index >= 15 is 0 Å². The highest BCUT2D eigenvalue weighted by molar-refractivity contribution is 7.85. The van der Waals surface area contributed by atoms with Gasteiger partial charge in [0.25, 0.3) is 10.1 Å². The third kappa shape index (κ3) is 23.6. The van der Waals surface area contributed by atoms with Crippen molar-refractivity contribution in [2.24, 2.45) is 0 Å². The zero-order chi connectivity index (χ0) is 20.9. The minimum Gasteiger partial charge on any atom is -0.300 e. The Balaban J connectivity index is 3.21. The number of hydrogen-bond acceptors (Lipinski definition) is 3. The van der Waals surface area contributed by atoms with E-state index in [9.17, 15) is 13.2 Å². The highest BCUT2D eigenvalue weighted by Crippen LogP contribution is 2.13. The molecule has 4 nitrogen and oxygen atoms in total. The van der Waals surface area contributed by atoms with Crippen molar-refractivity contribution in [2.45, 2.75) is 135 Å². The first-order chi connectivity index (χ1) is 13.5. The Labute approximate surface area is 175 Å². The normalized spacial score (nSPS) is 11.8. The summed E-state index contributed by atoms with van der Waals surface area (Å²) in [6.07, 6.45) is 22.6. The predicted molar refractivity (Wildman–Crippen MR) is 119 cm³/mol. The van der Waals surface area contributed by atoms with Gasteiger partial charge in [0, 0.05) is 12.8 Å². The van der Waals surface area contributed by atoms with Crippen LogP contribution in [0.5, 0.6) is 0 Å². The topological polar surface area (TPSA) is 71.4 Å². The van der Waals surface area contributed by atoms with Crippen LogP contribution in [0.25, 0.3) is 0 Å². The summed E-state index contributed by atoms with van der Waals surface area (Å²) in [5.41, 5.74) is 0. The lowest BCUT2D eigenvalue weighted by Crippen LogP contribution is -2.03. The Bertz CT molecular complexity index is 446. The van der Waals surface area contributed by atoms with Crippen LogP contribution in [0.1, 0.15) is 135 Å². The van der Waals surface area contributed by atoms with Crippen molar-refractivity contribution in [3.8, 4) is 0 Å². The molecular formula is C23H46O4S. The van der Waals surface area contributed by atoms with Crippen molar-refractivity contribution in [3.05, 3.63) is 0 Å². The molecular weight excluding hydrogens is 372 g/mol. The van der Waals surface area contributed by atoms with E-state index in [0.29, 0.717) is 12.2 Å². The molecule has 0 aromatic carbocycles. The van der Waals surface area contributed by atoms with Gasteiger partial charge in [0.05, 0.1) is 5.75 Å². The van der Waals surface area contributed by atoms with Gasteiger partial charge in [0.15, 0.2) is 0 Å². The minimum absolute atomic E-state index is 0.111. The summed E-state index contributed by atoms with van der Waals surface area (Å²) in [6, 6.07) is 0. The van der Waals surface area contributed by atoms with Crippen LogP contribution in [0.3, 0.4) is 0 Å². The quantitative estimate of drug-likeness (QED) is 0.148. The number of Topliss-reactive ketones (excluding diaryl/α,β-unsaturated/α-hetero) is 1. The molecule has 0 fully saturated rings. The summed E-state index contributed by atoms with van der Waals surface area (Å²) in [4.78, 5) is 11.9. The Morgan fingerprint density at radius 1 is 0.571 bits per heavy atom. The second-order valence-corrected chi connectivity index (χ2v) is 9.91. The first kappa shape index (κ1) is 27.6. The van der Waals surface area contributed by atoms with Crippen molar-refractivity contribution in [1.82, 2.24) is 0 Å². The fraction of sp³-hybridized carbons (Fsp3) is 0.957. The van der Waals surface area contributed by atoms with Gasteiger partial charge in [-0.25, -0.2) is 0 Å². The molecule has 0 atom stereocenters. The number of carbonyl (C=O) groups is 1. The van der Waals surface area contributed by atoms with E-state index in [0.717, 1.165) is 51.4 Å². The third-order valence-electron chi connectivity index (χ3n) is 5.42. The van der Waals surface area contributed by atoms with E-state index in [4.69, 9.17) is 4.55 Å². The average molecular weight is 419 g/mol. The van der Waals surface area contributed by atoms with Gasteiger partial charge in [0.1, 0.15) is 5.78 Å². The molecule has 0 aliphatic heterocycles. The molecule has 28 heavy (non-hydrogen) atoms. The van der Waals surface area contributed by atoms with E-state index in [-0.39, 0.29) is 5.75 Å². The molecule has 0 saturated heterocycles. The van der Waals surface area contributed by atoms with Crippen LogP contribution in [0.4, 0.5) is 0 Å². The summed E-state index contributed by atoms with van der Waals surface area (Å²) >= 11 is 0. The summed E-state index contributed by atoms with van der Waals surface area (Å²) < 4.78 is 29.8. The second-order valence-electron chi connectivity index (χ2n) is 8.34. The van der Waals surface area contributed by atoms with E-state index in [1.54, 1.807) is 0 Å². The summed E-state index contributed by atoms with van der Waals surface area (Å²) in [6.45, 7) is 2.25. The monoisotopic (exact) mass is 418 g/mol. The molecule has 0 saturated carbocycles. The van der Waals surface area contributed by atoms with E-state index in [1.165, 1.54) is 70.6 Å². The fourth-order valence-corrected chi connectivity index (χ4v) is 4.17. The van der Waals surface area contributed by atoms with Gasteiger partial charge in [0.2, 0.25) is 0 Å². The molecule has 0 spiro atoms. The van der Waals surface area contributed by atoms with Crippen LogP contribution in [0.2, 0.25) is 0 Å². The summed E-state index contributed by atoms with van der Waals surface area (Å²) in [5, 5.41) is 0. The van der Waals surface area contributed by atoms with Crippen LogP contribution < -0.4 is 0 Å². The third-order valence-corrected chi connectivity index (χ3v) is 6.22. The van der Waals surface area contributed by atoms with Gasteiger partial charge in [-0.1, -0.05) is 103 Å². The smallest absolute Gasteiger partial charge is 0.264 e. The highest BCUT2D eigenvalue weighted by atomic mass is 32.2. The maximum atomic E-state index is 11.9. The van der Waals surface area contributed by atoms with Gasteiger partial charge in [-0.15, -0.1) is 0 Å². The average Bonchev–Trinajstić information content (AvgIpc) is 2.64. The predicted octanol–water partition coefficient (Wildman–Crippen LogP) is 7.27. The van der Waals surface area contributed by atoms with Crippen LogP contribution >= 0.6 is 0 Å². The van der Waals surface area contributed by atoms with Crippen LogP contribution in [0, 0.1) is 0 Å². The minimum atomic E-state index is -3.78. The molecule has 0 radical (unpaired) electrons. The van der Waals surface area contributed by atoms with Crippen molar-refractivity contribution in [1.29, 1.82) is 0 Å². The first-order valence-electron chi connectivity index (χ1n) is 11.9. The zero-order valence-electron chi connectivity index (χ0n) is 18.4. The lowest BCUT2D eigenvalue weighted by Gasteiger charge is -2.04. The second kappa shape index (κ2) is 19.9. The molecule has 5 heteroatoms. The maximum Gasteiger partial charge on any atom is 0.264 e. The molecule has 0 heterocycles. The molecule has 0 aromatic heterocycles. The molecule has 0 aliphatic rings. The zero-order valence-corrected chi connectivity index (χ0v) is 19.2. The molecule has 168 valence electrons. The van der Waals surface area contributed by atoms with E-state index < -0.39 is 10.1 Å². The number of ketones is 1. The van der Waals surface area contributed by atoms with Crippen LogP contribution in [0.15, 0.2) is 0 Å².